The highest BCUT2D eigenvalue weighted by Crippen LogP contribution is 2.18. The van der Waals surface area contributed by atoms with Gasteiger partial charge in [0, 0.05) is 41.3 Å². The van der Waals surface area contributed by atoms with E-state index in [1.807, 2.05) is 53.7 Å². The van der Waals surface area contributed by atoms with Gasteiger partial charge in [-0.05, 0) is 132 Å². The number of nitrogen functional groups attached to an aromatic ring is 1. The van der Waals surface area contributed by atoms with Gasteiger partial charge in [-0.3, -0.25) is 25.0 Å². The maximum absolute atomic E-state index is 12.1. The van der Waals surface area contributed by atoms with Crippen LogP contribution in [0.25, 0.3) is 0 Å². The maximum atomic E-state index is 12.1. The number of rotatable bonds is 9. The summed E-state index contributed by atoms with van der Waals surface area (Å²) in [6, 6.07) is 16.0. The van der Waals surface area contributed by atoms with Gasteiger partial charge >= 0.3 is 17.9 Å². The Hall–Kier alpha value is -5.26. The van der Waals surface area contributed by atoms with Gasteiger partial charge in [0.2, 0.25) is 0 Å². The van der Waals surface area contributed by atoms with Crippen LogP contribution in [0.2, 0.25) is 0 Å². The number of ether oxygens (including phenoxy) is 3. The largest absolute Gasteiger partial charge is 0.459 e. The van der Waals surface area contributed by atoms with Crippen LogP contribution in [0.5, 0.6) is 0 Å². The summed E-state index contributed by atoms with van der Waals surface area (Å²) in [4.78, 5) is 53.7. The minimum Gasteiger partial charge on any atom is -0.459 e. The molecule has 3 rings (SSSR count). The molecule has 0 radical (unpaired) electrons. The number of benzene rings is 3. The number of carbonyl (C=O) groups is 3. The Kier molecular flexibility index (Phi) is 25.5. The molecule has 0 aromatic heterocycles. The molecule has 3 unspecified atom stereocenters. The van der Waals surface area contributed by atoms with Gasteiger partial charge in [-0.1, -0.05) is 0 Å². The van der Waals surface area contributed by atoms with E-state index in [4.69, 9.17) is 25.7 Å². The molecule has 0 heterocycles. The van der Waals surface area contributed by atoms with Crippen molar-refractivity contribution in [3.05, 3.63) is 98.8 Å². The molecule has 3 aromatic rings. The molecule has 0 aliphatic heterocycles. The number of non-ortho nitro benzene ring substituents is 2. The Morgan fingerprint density at radius 1 is 0.586 bits per heavy atom. The maximum Gasteiger partial charge on any atom is 0.328 e. The Labute approximate surface area is 352 Å². The fourth-order valence-electron chi connectivity index (χ4n) is 3.61. The van der Waals surface area contributed by atoms with Crippen LogP contribution in [0.15, 0.2) is 72.8 Å². The quantitative estimate of drug-likeness (QED) is 0.0519. The van der Waals surface area contributed by atoms with Crippen molar-refractivity contribution in [3.63, 3.8) is 0 Å². The lowest BCUT2D eigenvalue weighted by Crippen LogP contribution is -2.35. The van der Waals surface area contributed by atoms with Gasteiger partial charge in [-0.15, -0.1) is 24.8 Å². The predicted octanol–water partition coefficient (Wildman–Crippen LogP) is 8.40. The number of nitro groups is 2. The second-order valence-electron chi connectivity index (χ2n) is 15.3. The van der Waals surface area contributed by atoms with Crippen molar-refractivity contribution >= 4 is 71.2 Å². The smallest absolute Gasteiger partial charge is 0.328 e. The third-order valence-corrected chi connectivity index (χ3v) is 6.09. The van der Waals surface area contributed by atoms with Crippen molar-refractivity contribution in [2.45, 2.75) is 118 Å². The molecule has 0 bridgehead atoms. The summed E-state index contributed by atoms with van der Waals surface area (Å²) in [5.41, 5.74) is 11.5. The first-order valence-electron chi connectivity index (χ1n) is 17.5. The average Bonchev–Trinajstić information content (AvgIpc) is 3.05. The van der Waals surface area contributed by atoms with E-state index in [-0.39, 0.29) is 54.1 Å². The van der Waals surface area contributed by atoms with Gasteiger partial charge in [-0.25, -0.2) is 14.0 Å². The summed E-state index contributed by atoms with van der Waals surface area (Å²) in [7, 11) is 0. The molecule has 0 saturated carbocycles. The van der Waals surface area contributed by atoms with Crippen molar-refractivity contribution in [2.75, 3.05) is 16.4 Å². The second-order valence-corrected chi connectivity index (χ2v) is 15.3. The number of nitro benzene ring substituents is 2. The third-order valence-electron chi connectivity index (χ3n) is 6.09. The molecule has 3 atom stereocenters. The number of anilines is 3. The Balaban J connectivity index is -0.000000714. The van der Waals surface area contributed by atoms with E-state index in [0.717, 1.165) is 30.0 Å². The van der Waals surface area contributed by atoms with Crippen molar-refractivity contribution in [1.82, 2.24) is 0 Å². The molecule has 0 aliphatic carbocycles. The van der Waals surface area contributed by atoms with Gasteiger partial charge in [0.05, 0.1) is 9.85 Å². The van der Waals surface area contributed by atoms with Gasteiger partial charge in [-0.2, -0.15) is 0 Å². The zero-order chi connectivity index (χ0) is 43.6. The van der Waals surface area contributed by atoms with Crippen molar-refractivity contribution in [3.8, 4) is 0 Å². The molecule has 0 amide bonds. The highest BCUT2D eigenvalue weighted by Gasteiger charge is 2.23. The highest BCUT2D eigenvalue weighted by atomic mass is 35.5. The van der Waals surface area contributed by atoms with Crippen molar-refractivity contribution in [2.24, 2.45) is 5.73 Å². The number of hydrogen-bond donors (Lipinski definition) is 4. The summed E-state index contributed by atoms with van der Waals surface area (Å²) < 4.78 is 27.6. The van der Waals surface area contributed by atoms with Crippen molar-refractivity contribution < 1.29 is 42.8 Å². The normalized spacial score (nSPS) is 12.0. The minimum absolute atomic E-state index is 0. The fourth-order valence-corrected chi connectivity index (χ4v) is 3.61. The SMILES string of the molecule is CC(N)C(=O)OC(C)(C)C.CC(Nc1ccc(N)cc1)C(=O)OC(C)(C)C.CC(Nc1ccc([N+](=O)[O-])cc1)C(=O)OC(C)(C)C.Cl.Cl.O=[N+]([O-])c1ccc(F)cc1. The fraction of sp³-hybridized carbons (Fsp3) is 0.462. The number of carbonyl (C=O) groups excluding carboxylic acids is 3. The van der Waals surface area contributed by atoms with Gasteiger partial charge in [0.25, 0.3) is 11.4 Å². The molecule has 0 aliphatic rings. The topological polar surface area (TPSA) is 241 Å². The van der Waals surface area contributed by atoms with E-state index >= 15 is 0 Å². The van der Waals surface area contributed by atoms with Crippen LogP contribution in [0.3, 0.4) is 0 Å². The standard InChI is InChI=1S/C13H18N2O4.C13H20N2O2.C7H15NO2.C6H4FNO2.2ClH/c1-9(12(16)19-13(2,3)4)14-10-5-7-11(8-6-10)15(17)18;1-9(12(16)17-13(2,3)4)15-11-7-5-10(14)6-8-11;1-5(8)6(9)10-7(2,3)4;7-5-1-3-6(4-2-5)8(9)10;;/h5-9,14H,1-4H3;5-9,15H,14H2,1-4H3;5H,8H2,1-4H3;1-4H;2*1H. The summed E-state index contributed by atoms with van der Waals surface area (Å²) in [5.74, 6) is -1.46. The molecular weight excluding hydrogens is 802 g/mol. The lowest BCUT2D eigenvalue weighted by atomic mass is 10.2. The van der Waals surface area contributed by atoms with Crippen LogP contribution in [0.4, 0.5) is 32.8 Å². The molecular formula is C39H59Cl2FN6O10. The number of halogens is 3. The summed E-state index contributed by atoms with van der Waals surface area (Å²) in [5, 5.41) is 26.5. The molecule has 16 nitrogen and oxygen atoms in total. The Morgan fingerprint density at radius 2 is 0.862 bits per heavy atom. The van der Waals surface area contributed by atoms with E-state index in [1.165, 1.54) is 12.1 Å². The molecule has 19 heteroatoms. The number of nitrogens with two attached hydrogens (primary N) is 2. The number of hydrogen-bond acceptors (Lipinski definition) is 14. The van der Waals surface area contributed by atoms with Gasteiger partial charge < -0.3 is 36.3 Å². The molecule has 326 valence electrons. The monoisotopic (exact) mass is 860 g/mol. The minimum atomic E-state index is -0.570. The number of nitrogens with zero attached hydrogens (tertiary/aromatic N) is 2. The molecule has 6 N–H and O–H groups in total. The van der Waals surface area contributed by atoms with Crippen LogP contribution in [0, 0.1) is 26.0 Å². The zero-order valence-electron chi connectivity index (χ0n) is 35.0. The summed E-state index contributed by atoms with van der Waals surface area (Å²) >= 11 is 0. The first-order valence-corrected chi connectivity index (χ1v) is 17.5. The van der Waals surface area contributed by atoms with Crippen molar-refractivity contribution in [1.29, 1.82) is 0 Å². The average molecular weight is 862 g/mol. The molecule has 0 saturated heterocycles. The molecule has 58 heavy (non-hydrogen) atoms. The van der Waals surface area contributed by atoms with Gasteiger partial charge in [0.1, 0.15) is 40.7 Å². The summed E-state index contributed by atoms with van der Waals surface area (Å²) in [6.07, 6.45) is 0. The Morgan fingerprint density at radius 3 is 1.12 bits per heavy atom. The predicted molar refractivity (Wildman–Crippen MR) is 229 cm³/mol. The van der Waals surface area contributed by atoms with Crippen LogP contribution in [-0.4, -0.2) is 62.7 Å². The lowest BCUT2D eigenvalue weighted by Gasteiger charge is -2.23. The zero-order valence-corrected chi connectivity index (χ0v) is 36.6. The van der Waals surface area contributed by atoms with Gasteiger partial charge in [0.15, 0.2) is 0 Å². The number of nitrogens with one attached hydrogen (secondary N) is 2. The Bertz CT molecular complexity index is 1710. The first kappa shape index (κ1) is 57.1. The second kappa shape index (κ2) is 25.9. The van der Waals surface area contributed by atoms with Crippen LogP contribution in [-0.2, 0) is 28.6 Å². The number of esters is 3. The van der Waals surface area contributed by atoms with E-state index in [0.29, 0.717) is 11.4 Å². The van der Waals surface area contributed by atoms with E-state index in [2.05, 4.69) is 10.6 Å². The van der Waals surface area contributed by atoms with Crippen LogP contribution < -0.4 is 22.1 Å². The lowest BCUT2D eigenvalue weighted by molar-refractivity contribution is -0.385. The summed E-state index contributed by atoms with van der Waals surface area (Å²) in [6.45, 7) is 21.4. The highest BCUT2D eigenvalue weighted by molar-refractivity contribution is 5.85. The van der Waals surface area contributed by atoms with E-state index in [1.54, 1.807) is 65.8 Å². The first-order chi connectivity index (χ1) is 25.5. The molecule has 0 fully saturated rings. The molecule has 3 aromatic carbocycles. The van der Waals surface area contributed by atoms with E-state index in [9.17, 15) is 39.0 Å². The van der Waals surface area contributed by atoms with Crippen LogP contribution in [0.1, 0.15) is 83.1 Å². The van der Waals surface area contributed by atoms with Crippen LogP contribution >= 0.6 is 24.8 Å². The molecule has 0 spiro atoms. The third kappa shape index (κ3) is 27.4. The van der Waals surface area contributed by atoms with E-state index < -0.39 is 50.6 Å².